The molecule has 0 radical (unpaired) electrons. The summed E-state index contributed by atoms with van der Waals surface area (Å²) in [6.07, 6.45) is 0. The number of sulfonamides is 1. The molecule has 0 atom stereocenters. The van der Waals surface area contributed by atoms with Crippen LogP contribution in [-0.4, -0.2) is 45.5 Å². The van der Waals surface area contributed by atoms with Crippen LogP contribution in [0.25, 0.3) is 4.91 Å². The third kappa shape index (κ3) is 2.57. The highest BCUT2D eigenvalue weighted by atomic mass is 32.2. The molecule has 0 aromatic heterocycles. The Balaban J connectivity index is 2.06. The molecule has 5 nitrogen and oxygen atoms in total. The maximum absolute atomic E-state index is 12.5. The van der Waals surface area contributed by atoms with E-state index in [1.807, 2.05) is 43.9 Å². The number of hydrogen-bond acceptors (Lipinski definition) is 4. The summed E-state index contributed by atoms with van der Waals surface area (Å²) < 4.78 is 34.4. The smallest absolute Gasteiger partial charge is 0.285 e. The van der Waals surface area contributed by atoms with E-state index in [1.165, 1.54) is 0 Å². The molecular weight excluding hydrogens is 300 g/mol. The van der Waals surface area contributed by atoms with E-state index in [0.717, 1.165) is 16.7 Å². The highest BCUT2D eigenvalue weighted by molar-refractivity contribution is 8.00. The third-order valence-corrected chi connectivity index (χ3v) is 5.69. The van der Waals surface area contributed by atoms with Crippen LogP contribution in [0.15, 0.2) is 28.2 Å². The fraction of sp³-hybridized carbons (Fsp3) is 0.438. The molecule has 0 N–H and O–H groups in total. The Hall–Kier alpha value is -1.66. The molecule has 0 unspecified atom stereocenters. The Labute approximate surface area is 131 Å². The van der Waals surface area contributed by atoms with Crippen LogP contribution in [0.4, 0.5) is 0 Å². The van der Waals surface area contributed by atoms with Gasteiger partial charge in [0.2, 0.25) is 0 Å². The molecule has 1 fully saturated rings. The molecule has 3 rings (SSSR count). The number of morpholine rings is 1. The van der Waals surface area contributed by atoms with Crippen LogP contribution in [0.5, 0.6) is 0 Å². The average Bonchev–Trinajstić information content (AvgIpc) is 2.73. The second kappa shape index (κ2) is 5.52. The van der Waals surface area contributed by atoms with E-state index in [2.05, 4.69) is 4.40 Å². The lowest BCUT2D eigenvalue weighted by molar-refractivity contribution is 0.0683. The zero-order valence-electron chi connectivity index (χ0n) is 13.1. The quantitative estimate of drug-likeness (QED) is 0.795. The number of amidine groups is 1. The normalized spacial score (nSPS) is 21.2. The van der Waals surface area contributed by atoms with Gasteiger partial charge in [0.1, 0.15) is 10.7 Å². The molecule has 0 bridgehead atoms. The topological polar surface area (TPSA) is 59.0 Å². The molecule has 0 spiro atoms. The van der Waals surface area contributed by atoms with Crippen LogP contribution < -0.4 is 0 Å². The van der Waals surface area contributed by atoms with Gasteiger partial charge in [0.15, 0.2) is 0 Å². The van der Waals surface area contributed by atoms with Gasteiger partial charge in [0, 0.05) is 18.7 Å². The van der Waals surface area contributed by atoms with Gasteiger partial charge in [-0.25, -0.2) is 0 Å². The fourth-order valence-electron chi connectivity index (χ4n) is 2.84. The van der Waals surface area contributed by atoms with Gasteiger partial charge < -0.3 is 9.64 Å². The van der Waals surface area contributed by atoms with Crippen molar-refractivity contribution in [3.8, 4) is 0 Å². The fourth-order valence-corrected chi connectivity index (χ4v) is 4.32. The standard InChI is InChI=1S/C16H20N2O3S/c1-11-4-5-14(10-12(11)2)15-13(3)16(17-22(15,19)20)18-6-8-21-9-7-18/h4-5,10H,6-9H2,1-3H3. The van der Waals surface area contributed by atoms with Crippen molar-refractivity contribution in [3.05, 3.63) is 40.5 Å². The van der Waals surface area contributed by atoms with Gasteiger partial charge in [-0.15, -0.1) is 4.40 Å². The minimum absolute atomic E-state index is 0.331. The summed E-state index contributed by atoms with van der Waals surface area (Å²) in [5.41, 5.74) is 3.66. The third-order valence-electron chi connectivity index (χ3n) is 4.22. The van der Waals surface area contributed by atoms with Crippen molar-refractivity contribution in [1.82, 2.24) is 4.90 Å². The van der Waals surface area contributed by atoms with Gasteiger partial charge in [0.25, 0.3) is 10.0 Å². The van der Waals surface area contributed by atoms with Crippen LogP contribution in [0.1, 0.15) is 23.6 Å². The molecule has 1 aromatic carbocycles. The lowest BCUT2D eigenvalue weighted by atomic mass is 10.0. The van der Waals surface area contributed by atoms with Crippen LogP contribution in [0, 0.1) is 13.8 Å². The summed E-state index contributed by atoms with van der Waals surface area (Å²) in [7, 11) is -3.63. The summed E-state index contributed by atoms with van der Waals surface area (Å²) >= 11 is 0. The predicted octanol–water partition coefficient (Wildman–Crippen LogP) is 2.11. The van der Waals surface area contributed by atoms with Crippen molar-refractivity contribution in [3.63, 3.8) is 0 Å². The highest BCUT2D eigenvalue weighted by Crippen LogP contribution is 2.34. The Kier molecular flexibility index (Phi) is 3.82. The maximum atomic E-state index is 12.5. The summed E-state index contributed by atoms with van der Waals surface area (Å²) in [5.74, 6) is 0.566. The van der Waals surface area contributed by atoms with E-state index >= 15 is 0 Å². The van der Waals surface area contributed by atoms with Gasteiger partial charge >= 0.3 is 0 Å². The number of hydrogen-bond donors (Lipinski definition) is 0. The first-order valence-electron chi connectivity index (χ1n) is 7.37. The minimum Gasteiger partial charge on any atom is -0.378 e. The van der Waals surface area contributed by atoms with Crippen LogP contribution in [-0.2, 0) is 14.8 Å². The van der Waals surface area contributed by atoms with Crippen LogP contribution in [0.3, 0.4) is 0 Å². The SMILES string of the molecule is CC1=C(c2ccc(C)c(C)c2)S(=O)(=O)N=C1N1CCOCC1. The molecular formula is C16H20N2O3S. The van der Waals surface area contributed by atoms with E-state index in [4.69, 9.17) is 4.74 Å². The molecule has 22 heavy (non-hydrogen) atoms. The Morgan fingerprint density at radius 2 is 1.77 bits per heavy atom. The number of ether oxygens (including phenoxy) is 1. The van der Waals surface area contributed by atoms with E-state index < -0.39 is 10.0 Å². The zero-order chi connectivity index (χ0) is 15.9. The lowest BCUT2D eigenvalue weighted by Crippen LogP contribution is -2.40. The summed E-state index contributed by atoms with van der Waals surface area (Å²) in [5, 5.41) is 0. The minimum atomic E-state index is -3.63. The second-order valence-electron chi connectivity index (χ2n) is 5.74. The first-order valence-corrected chi connectivity index (χ1v) is 8.81. The van der Waals surface area contributed by atoms with Crippen molar-refractivity contribution < 1.29 is 13.2 Å². The molecule has 1 aromatic rings. The summed E-state index contributed by atoms with van der Waals surface area (Å²) in [6.45, 7) is 8.39. The van der Waals surface area contributed by atoms with E-state index in [-0.39, 0.29) is 0 Å². The molecule has 0 saturated carbocycles. The number of aryl methyl sites for hydroxylation is 2. The van der Waals surface area contributed by atoms with Crippen molar-refractivity contribution in [1.29, 1.82) is 0 Å². The summed E-state index contributed by atoms with van der Waals surface area (Å²) in [4.78, 5) is 2.32. The highest BCUT2D eigenvalue weighted by Gasteiger charge is 2.34. The Morgan fingerprint density at radius 3 is 2.41 bits per heavy atom. The van der Waals surface area contributed by atoms with Crippen molar-refractivity contribution in [2.45, 2.75) is 20.8 Å². The molecule has 118 valence electrons. The van der Waals surface area contributed by atoms with Gasteiger partial charge in [-0.3, -0.25) is 0 Å². The van der Waals surface area contributed by atoms with Gasteiger partial charge in [-0.05, 0) is 37.5 Å². The van der Waals surface area contributed by atoms with Gasteiger partial charge in [-0.2, -0.15) is 8.42 Å². The van der Waals surface area contributed by atoms with E-state index in [9.17, 15) is 8.42 Å². The van der Waals surface area contributed by atoms with E-state index in [0.29, 0.717) is 42.6 Å². The molecule has 2 heterocycles. The van der Waals surface area contributed by atoms with Crippen LogP contribution in [0.2, 0.25) is 0 Å². The molecule has 0 amide bonds. The molecule has 1 saturated heterocycles. The van der Waals surface area contributed by atoms with Crippen molar-refractivity contribution >= 4 is 20.8 Å². The maximum Gasteiger partial charge on any atom is 0.285 e. The second-order valence-corrected chi connectivity index (χ2v) is 7.28. The molecule has 2 aliphatic heterocycles. The van der Waals surface area contributed by atoms with Crippen LogP contribution >= 0.6 is 0 Å². The molecule has 6 heteroatoms. The largest absolute Gasteiger partial charge is 0.378 e. The van der Waals surface area contributed by atoms with Crippen molar-refractivity contribution in [2.75, 3.05) is 26.3 Å². The van der Waals surface area contributed by atoms with Gasteiger partial charge in [0.05, 0.1) is 13.2 Å². The first kappa shape index (κ1) is 15.2. The zero-order valence-corrected chi connectivity index (χ0v) is 13.9. The van der Waals surface area contributed by atoms with Crippen molar-refractivity contribution in [2.24, 2.45) is 4.40 Å². The first-order chi connectivity index (χ1) is 10.4. The molecule has 2 aliphatic rings. The summed E-state index contributed by atoms with van der Waals surface area (Å²) in [6, 6.07) is 5.73. The average molecular weight is 320 g/mol. The van der Waals surface area contributed by atoms with Gasteiger partial charge in [-0.1, -0.05) is 18.2 Å². The van der Waals surface area contributed by atoms with E-state index in [1.54, 1.807) is 0 Å². The predicted molar refractivity (Wildman–Crippen MR) is 87.3 cm³/mol. The number of benzene rings is 1. The molecule has 0 aliphatic carbocycles. The monoisotopic (exact) mass is 320 g/mol. The number of nitrogens with zero attached hydrogens (tertiary/aromatic N) is 2. The number of rotatable bonds is 1. The lowest BCUT2D eigenvalue weighted by Gasteiger charge is -2.28. The Bertz CT molecular complexity index is 773. The Morgan fingerprint density at radius 1 is 1.09 bits per heavy atom.